The van der Waals surface area contributed by atoms with Crippen molar-refractivity contribution in [2.24, 2.45) is 0 Å². The molecule has 1 aromatic rings. The zero-order chi connectivity index (χ0) is 15.0. The fraction of sp³-hybridized carbons (Fsp3) is 0.688. The zero-order valence-corrected chi connectivity index (χ0v) is 13.2. The maximum Gasteiger partial charge on any atom is 0.232 e. The second-order valence-electron chi connectivity index (χ2n) is 5.27. The molecule has 1 atom stereocenters. The fourth-order valence-corrected chi connectivity index (χ4v) is 2.05. The van der Waals surface area contributed by atoms with Gasteiger partial charge in [0.25, 0.3) is 0 Å². The van der Waals surface area contributed by atoms with Gasteiger partial charge in [0.1, 0.15) is 0 Å². The summed E-state index contributed by atoms with van der Waals surface area (Å²) in [5, 5.41) is 0. The van der Waals surface area contributed by atoms with E-state index in [1.54, 1.807) is 4.90 Å². The second-order valence-corrected chi connectivity index (χ2v) is 5.27. The van der Waals surface area contributed by atoms with Crippen molar-refractivity contribution >= 4 is 11.9 Å². The third kappa shape index (κ3) is 4.58. The van der Waals surface area contributed by atoms with E-state index in [1.807, 2.05) is 26.2 Å². The molecule has 20 heavy (non-hydrogen) atoms. The highest BCUT2D eigenvalue weighted by Crippen LogP contribution is 2.16. The van der Waals surface area contributed by atoms with Crippen LogP contribution >= 0.6 is 0 Å². The van der Waals surface area contributed by atoms with Crippen LogP contribution in [0.15, 0.2) is 12.4 Å². The number of aryl methyl sites for hydroxylation is 1. The van der Waals surface area contributed by atoms with Gasteiger partial charge in [0.15, 0.2) is 0 Å². The van der Waals surface area contributed by atoms with E-state index < -0.39 is 0 Å². The molecule has 0 spiro atoms. The molecule has 0 radical (unpaired) electrons. The Morgan fingerprint density at radius 3 is 2.35 bits per heavy atom. The van der Waals surface area contributed by atoms with Gasteiger partial charge in [-0.1, -0.05) is 27.2 Å². The number of anilines is 1. The van der Waals surface area contributed by atoms with Crippen LogP contribution in [0, 0.1) is 0 Å². The highest BCUT2D eigenvalue weighted by atomic mass is 16.2. The quantitative estimate of drug-likeness (QED) is 0.727. The predicted molar refractivity (Wildman–Crippen MR) is 82.8 cm³/mol. The Hall–Kier alpha value is -1.45. The summed E-state index contributed by atoms with van der Waals surface area (Å²) in [5.74, 6) is 0.654. The topological polar surface area (TPSA) is 46.1 Å². The van der Waals surface area contributed by atoms with Crippen molar-refractivity contribution in [3.63, 3.8) is 0 Å². The van der Waals surface area contributed by atoms with E-state index in [2.05, 4.69) is 23.8 Å². The lowest BCUT2D eigenvalue weighted by Crippen LogP contribution is -2.39. The predicted octanol–water partition coefficient (Wildman–Crippen LogP) is 3.75. The lowest BCUT2D eigenvalue weighted by molar-refractivity contribution is -0.119. The summed E-state index contributed by atoms with van der Waals surface area (Å²) < 4.78 is 0. The van der Waals surface area contributed by atoms with Crippen molar-refractivity contribution in [2.45, 2.75) is 72.3 Å². The molecule has 0 aliphatic rings. The van der Waals surface area contributed by atoms with Crippen LogP contribution in [0.4, 0.5) is 5.95 Å². The molecule has 0 saturated carbocycles. The van der Waals surface area contributed by atoms with Crippen molar-refractivity contribution in [3.8, 4) is 0 Å². The minimum atomic E-state index is 0.114. The first-order valence-corrected chi connectivity index (χ1v) is 7.76. The lowest BCUT2D eigenvalue weighted by Gasteiger charge is -2.26. The second kappa shape index (κ2) is 8.67. The molecule has 0 saturated heterocycles. The van der Waals surface area contributed by atoms with E-state index in [9.17, 15) is 4.79 Å². The molecular formula is C16H27N3O. The zero-order valence-electron chi connectivity index (χ0n) is 13.2. The number of rotatable bonds is 8. The summed E-state index contributed by atoms with van der Waals surface area (Å²) in [7, 11) is 0. The highest BCUT2D eigenvalue weighted by molar-refractivity contribution is 5.92. The Morgan fingerprint density at radius 2 is 1.85 bits per heavy atom. The summed E-state index contributed by atoms with van der Waals surface area (Å²) in [6.45, 7) is 8.30. The van der Waals surface area contributed by atoms with E-state index >= 15 is 0 Å². The monoisotopic (exact) mass is 277 g/mol. The number of nitrogens with zero attached hydrogens (tertiary/aromatic N) is 3. The van der Waals surface area contributed by atoms with Crippen LogP contribution in [-0.2, 0) is 11.2 Å². The maximum absolute atomic E-state index is 12.2. The Kier molecular flexibility index (Phi) is 7.20. The lowest BCUT2D eigenvalue weighted by atomic mass is 10.1. The summed E-state index contributed by atoms with van der Waals surface area (Å²) in [6, 6.07) is 0.135. The van der Waals surface area contributed by atoms with Crippen molar-refractivity contribution in [2.75, 3.05) is 4.90 Å². The molecule has 0 N–H and O–H groups in total. The Balaban J connectivity index is 2.87. The first-order valence-electron chi connectivity index (χ1n) is 7.76. The molecule has 0 bridgehead atoms. The van der Waals surface area contributed by atoms with Gasteiger partial charge in [0.2, 0.25) is 11.9 Å². The average Bonchev–Trinajstić information content (AvgIpc) is 2.46. The van der Waals surface area contributed by atoms with E-state index in [0.717, 1.165) is 37.7 Å². The van der Waals surface area contributed by atoms with E-state index in [1.165, 1.54) is 0 Å². The first-order chi connectivity index (χ1) is 9.63. The van der Waals surface area contributed by atoms with E-state index in [0.29, 0.717) is 12.4 Å². The highest BCUT2D eigenvalue weighted by Gasteiger charge is 2.22. The van der Waals surface area contributed by atoms with Gasteiger partial charge in [-0.15, -0.1) is 0 Å². The van der Waals surface area contributed by atoms with Crippen molar-refractivity contribution in [3.05, 3.63) is 18.0 Å². The minimum Gasteiger partial charge on any atom is -0.278 e. The number of aromatic nitrogens is 2. The van der Waals surface area contributed by atoms with Crippen LogP contribution in [0.3, 0.4) is 0 Å². The smallest absolute Gasteiger partial charge is 0.232 e. The van der Waals surface area contributed by atoms with Gasteiger partial charge < -0.3 is 0 Å². The van der Waals surface area contributed by atoms with Gasteiger partial charge >= 0.3 is 0 Å². The SMILES string of the molecule is CCCCc1cnc(N(C(=O)CCC)C(C)CC)nc1. The third-order valence-corrected chi connectivity index (χ3v) is 3.49. The van der Waals surface area contributed by atoms with Crippen LogP contribution in [-0.4, -0.2) is 21.9 Å². The molecule has 1 rings (SSSR count). The van der Waals surface area contributed by atoms with Gasteiger partial charge in [0.05, 0.1) is 0 Å². The average molecular weight is 277 g/mol. The summed E-state index contributed by atoms with van der Waals surface area (Å²) in [5.41, 5.74) is 1.14. The largest absolute Gasteiger partial charge is 0.278 e. The molecule has 4 nitrogen and oxygen atoms in total. The standard InChI is InChI=1S/C16H27N3O/c1-5-8-10-14-11-17-16(18-12-14)19(13(4)7-3)15(20)9-6-2/h11-13H,5-10H2,1-4H3. The third-order valence-electron chi connectivity index (χ3n) is 3.49. The Labute approximate surface area is 122 Å². The number of hydrogen-bond donors (Lipinski definition) is 0. The molecule has 4 heteroatoms. The van der Waals surface area contributed by atoms with Crippen LogP contribution in [0.1, 0.15) is 65.4 Å². The first kappa shape index (κ1) is 16.6. The van der Waals surface area contributed by atoms with Crippen LogP contribution in [0.2, 0.25) is 0 Å². The van der Waals surface area contributed by atoms with Crippen molar-refractivity contribution in [1.29, 1.82) is 0 Å². The summed E-state index contributed by atoms with van der Waals surface area (Å²) >= 11 is 0. The molecule has 0 aliphatic heterocycles. The maximum atomic E-state index is 12.2. The number of carbonyl (C=O) groups is 1. The van der Waals surface area contributed by atoms with Crippen LogP contribution < -0.4 is 4.90 Å². The summed E-state index contributed by atoms with van der Waals surface area (Å²) in [6.07, 6.45) is 9.31. The van der Waals surface area contributed by atoms with Gasteiger partial charge in [-0.25, -0.2) is 9.97 Å². The van der Waals surface area contributed by atoms with E-state index in [-0.39, 0.29) is 11.9 Å². The molecule has 1 unspecified atom stereocenters. The fourth-order valence-electron chi connectivity index (χ4n) is 2.05. The molecular weight excluding hydrogens is 250 g/mol. The Bertz CT molecular complexity index is 403. The number of carbonyl (C=O) groups excluding carboxylic acids is 1. The van der Waals surface area contributed by atoms with Crippen molar-refractivity contribution < 1.29 is 4.79 Å². The molecule has 1 heterocycles. The van der Waals surface area contributed by atoms with Crippen LogP contribution in [0.5, 0.6) is 0 Å². The molecule has 1 aromatic heterocycles. The van der Waals surface area contributed by atoms with Crippen LogP contribution in [0.25, 0.3) is 0 Å². The van der Waals surface area contributed by atoms with Gasteiger partial charge in [-0.05, 0) is 38.2 Å². The van der Waals surface area contributed by atoms with Gasteiger partial charge in [-0.2, -0.15) is 0 Å². The minimum absolute atomic E-state index is 0.114. The molecule has 1 amide bonds. The number of hydrogen-bond acceptors (Lipinski definition) is 3. The van der Waals surface area contributed by atoms with E-state index in [4.69, 9.17) is 0 Å². The molecule has 112 valence electrons. The number of amides is 1. The molecule has 0 fully saturated rings. The summed E-state index contributed by atoms with van der Waals surface area (Å²) in [4.78, 5) is 22.8. The van der Waals surface area contributed by atoms with Crippen molar-refractivity contribution in [1.82, 2.24) is 9.97 Å². The molecule has 0 aliphatic carbocycles. The number of unbranched alkanes of at least 4 members (excludes halogenated alkanes) is 1. The Morgan fingerprint density at radius 1 is 1.20 bits per heavy atom. The molecule has 0 aromatic carbocycles. The normalized spacial score (nSPS) is 12.2. The van der Waals surface area contributed by atoms with Gasteiger partial charge in [-0.3, -0.25) is 9.69 Å². The van der Waals surface area contributed by atoms with Gasteiger partial charge in [0, 0.05) is 24.9 Å².